The Morgan fingerprint density at radius 2 is 1.80 bits per heavy atom. The van der Waals surface area contributed by atoms with Gasteiger partial charge in [0.1, 0.15) is 5.54 Å². The Morgan fingerprint density at radius 3 is 2.35 bits per heavy atom. The molecule has 1 aromatic rings. The van der Waals surface area contributed by atoms with Crippen LogP contribution in [-0.4, -0.2) is 27.7 Å². The maximum absolute atomic E-state index is 11.6. The Kier molecular flexibility index (Phi) is 2.66. The van der Waals surface area contributed by atoms with Crippen LogP contribution in [0.5, 0.6) is 0 Å². The normalized spacial score (nSPS) is 38.9. The standard InChI is InChI=1S/C15H17NO4/c16-15(13(19)20)8-4-7-14(15)10(11(14)12(17)18)9-5-2-1-3-6-9/h1-3,5-6,10-11H,4,7-8,16H2,(H,17,18)(H,19,20)/t10?,11?,14?,15-/m0/s1. The topological polar surface area (TPSA) is 101 Å². The van der Waals surface area contributed by atoms with Crippen molar-refractivity contribution in [1.82, 2.24) is 0 Å². The van der Waals surface area contributed by atoms with E-state index in [1.54, 1.807) is 0 Å². The third kappa shape index (κ3) is 1.41. The lowest BCUT2D eigenvalue weighted by atomic mass is 9.80. The van der Waals surface area contributed by atoms with Gasteiger partial charge >= 0.3 is 11.9 Å². The number of nitrogens with two attached hydrogens (primary N) is 1. The summed E-state index contributed by atoms with van der Waals surface area (Å²) in [6, 6.07) is 9.25. The molecular weight excluding hydrogens is 258 g/mol. The summed E-state index contributed by atoms with van der Waals surface area (Å²) in [7, 11) is 0. The lowest BCUT2D eigenvalue weighted by Gasteiger charge is -2.28. The fourth-order valence-corrected chi connectivity index (χ4v) is 4.24. The summed E-state index contributed by atoms with van der Waals surface area (Å²) in [5.41, 5.74) is 4.73. The fraction of sp³-hybridized carbons (Fsp3) is 0.467. The highest BCUT2D eigenvalue weighted by Gasteiger charge is 2.79. The molecular formula is C15H17NO4. The van der Waals surface area contributed by atoms with Crippen LogP contribution >= 0.6 is 0 Å². The lowest BCUT2D eigenvalue weighted by molar-refractivity contribution is -0.146. The van der Waals surface area contributed by atoms with Gasteiger partial charge in [0.15, 0.2) is 0 Å². The molecule has 3 unspecified atom stereocenters. The van der Waals surface area contributed by atoms with Crippen LogP contribution in [0.25, 0.3) is 0 Å². The van der Waals surface area contributed by atoms with E-state index in [0.717, 1.165) is 5.56 Å². The summed E-state index contributed by atoms with van der Waals surface area (Å²) in [6.07, 6.45) is 1.57. The minimum atomic E-state index is -1.43. The number of benzene rings is 1. The molecule has 4 N–H and O–H groups in total. The average Bonchev–Trinajstić information content (AvgIpc) is 2.98. The van der Waals surface area contributed by atoms with E-state index in [1.165, 1.54) is 0 Å². The molecule has 0 amide bonds. The summed E-state index contributed by atoms with van der Waals surface area (Å²) >= 11 is 0. The minimum Gasteiger partial charge on any atom is -0.481 e. The summed E-state index contributed by atoms with van der Waals surface area (Å²) in [6.45, 7) is 0. The molecule has 0 bridgehead atoms. The van der Waals surface area contributed by atoms with Crippen molar-refractivity contribution in [2.75, 3.05) is 0 Å². The molecule has 2 saturated carbocycles. The summed E-state index contributed by atoms with van der Waals surface area (Å²) in [4.78, 5) is 23.2. The predicted octanol–water partition coefficient (Wildman–Crippen LogP) is 1.44. The molecule has 3 rings (SSSR count). The molecule has 106 valence electrons. The van der Waals surface area contributed by atoms with Gasteiger partial charge in [0.05, 0.1) is 5.92 Å². The Labute approximate surface area is 116 Å². The van der Waals surface area contributed by atoms with Crippen LogP contribution in [0.4, 0.5) is 0 Å². The molecule has 5 heteroatoms. The van der Waals surface area contributed by atoms with Crippen LogP contribution in [-0.2, 0) is 9.59 Å². The van der Waals surface area contributed by atoms with Crippen molar-refractivity contribution in [3.63, 3.8) is 0 Å². The summed E-state index contributed by atoms with van der Waals surface area (Å²) in [5, 5.41) is 19.0. The van der Waals surface area contributed by atoms with Gasteiger partial charge < -0.3 is 15.9 Å². The largest absolute Gasteiger partial charge is 0.481 e. The zero-order valence-corrected chi connectivity index (χ0v) is 11.0. The van der Waals surface area contributed by atoms with Crippen molar-refractivity contribution in [1.29, 1.82) is 0 Å². The van der Waals surface area contributed by atoms with E-state index >= 15 is 0 Å². The van der Waals surface area contributed by atoms with Crippen molar-refractivity contribution >= 4 is 11.9 Å². The van der Waals surface area contributed by atoms with Crippen LogP contribution in [0.15, 0.2) is 30.3 Å². The van der Waals surface area contributed by atoms with Crippen LogP contribution in [0.3, 0.4) is 0 Å². The number of carboxylic acid groups (broad SMARTS) is 2. The van der Waals surface area contributed by atoms with E-state index in [-0.39, 0.29) is 5.92 Å². The molecule has 0 aliphatic heterocycles. The molecule has 1 spiro atoms. The van der Waals surface area contributed by atoms with Crippen molar-refractivity contribution < 1.29 is 19.8 Å². The van der Waals surface area contributed by atoms with Gasteiger partial charge in [-0.1, -0.05) is 36.8 Å². The van der Waals surface area contributed by atoms with Gasteiger partial charge in [-0.2, -0.15) is 0 Å². The molecule has 5 nitrogen and oxygen atoms in total. The third-order valence-corrected chi connectivity index (χ3v) is 5.13. The third-order valence-electron chi connectivity index (χ3n) is 5.13. The molecule has 2 aliphatic rings. The van der Waals surface area contributed by atoms with E-state index in [9.17, 15) is 19.8 Å². The quantitative estimate of drug-likeness (QED) is 0.775. The maximum atomic E-state index is 11.6. The lowest BCUT2D eigenvalue weighted by Crippen LogP contribution is -2.53. The van der Waals surface area contributed by atoms with Gasteiger partial charge in [0.2, 0.25) is 0 Å². The monoisotopic (exact) mass is 275 g/mol. The SMILES string of the molecule is N[C@]1(C(=O)O)CCCC12C(C(=O)O)C2c1ccccc1. The number of carboxylic acids is 2. The van der Waals surface area contributed by atoms with Crippen LogP contribution in [0.2, 0.25) is 0 Å². The Balaban J connectivity index is 2.08. The number of carbonyl (C=O) groups is 2. The highest BCUT2D eigenvalue weighted by Crippen LogP contribution is 2.75. The highest BCUT2D eigenvalue weighted by atomic mass is 16.4. The predicted molar refractivity (Wildman–Crippen MR) is 71.1 cm³/mol. The molecule has 0 aromatic heterocycles. The van der Waals surface area contributed by atoms with E-state index in [0.29, 0.717) is 19.3 Å². The van der Waals surface area contributed by atoms with Gasteiger partial charge in [-0.25, -0.2) is 0 Å². The molecule has 0 radical (unpaired) electrons. The van der Waals surface area contributed by atoms with Crippen LogP contribution in [0, 0.1) is 11.3 Å². The number of aliphatic carboxylic acids is 2. The first-order valence-corrected chi connectivity index (χ1v) is 6.75. The number of rotatable bonds is 3. The number of hydrogen-bond donors (Lipinski definition) is 3. The second-order valence-corrected chi connectivity index (χ2v) is 5.87. The first kappa shape index (κ1) is 13.1. The highest BCUT2D eigenvalue weighted by molar-refractivity contribution is 5.87. The zero-order valence-electron chi connectivity index (χ0n) is 11.0. The fourth-order valence-electron chi connectivity index (χ4n) is 4.24. The molecule has 1 aromatic carbocycles. The summed E-state index contributed by atoms with van der Waals surface area (Å²) < 4.78 is 0. The molecule has 0 heterocycles. The summed E-state index contributed by atoms with van der Waals surface area (Å²) in [5.74, 6) is -3.03. The minimum absolute atomic E-state index is 0.301. The van der Waals surface area contributed by atoms with Crippen LogP contribution in [0.1, 0.15) is 30.7 Å². The van der Waals surface area contributed by atoms with Gasteiger partial charge in [0.25, 0.3) is 0 Å². The molecule has 2 fully saturated rings. The Morgan fingerprint density at radius 1 is 1.15 bits per heavy atom. The Hall–Kier alpha value is -1.88. The van der Waals surface area contributed by atoms with E-state index < -0.39 is 28.8 Å². The second kappa shape index (κ2) is 4.06. The second-order valence-electron chi connectivity index (χ2n) is 5.87. The zero-order chi connectivity index (χ0) is 14.5. The van der Waals surface area contributed by atoms with E-state index in [4.69, 9.17) is 5.73 Å². The van der Waals surface area contributed by atoms with E-state index in [2.05, 4.69) is 0 Å². The van der Waals surface area contributed by atoms with Gasteiger partial charge in [-0.15, -0.1) is 0 Å². The first-order valence-electron chi connectivity index (χ1n) is 6.75. The number of hydrogen-bond acceptors (Lipinski definition) is 3. The average molecular weight is 275 g/mol. The molecule has 4 atom stereocenters. The van der Waals surface area contributed by atoms with E-state index in [1.807, 2.05) is 30.3 Å². The van der Waals surface area contributed by atoms with Gasteiger partial charge in [0, 0.05) is 11.3 Å². The molecule has 0 saturated heterocycles. The molecule has 20 heavy (non-hydrogen) atoms. The van der Waals surface area contributed by atoms with Crippen molar-refractivity contribution in [3.8, 4) is 0 Å². The van der Waals surface area contributed by atoms with Crippen molar-refractivity contribution in [3.05, 3.63) is 35.9 Å². The molecule has 2 aliphatic carbocycles. The first-order chi connectivity index (χ1) is 9.45. The van der Waals surface area contributed by atoms with Crippen molar-refractivity contribution in [2.24, 2.45) is 17.1 Å². The maximum Gasteiger partial charge on any atom is 0.324 e. The van der Waals surface area contributed by atoms with Gasteiger partial charge in [-0.05, 0) is 18.4 Å². The smallest absolute Gasteiger partial charge is 0.324 e. The van der Waals surface area contributed by atoms with Gasteiger partial charge in [-0.3, -0.25) is 9.59 Å². The van der Waals surface area contributed by atoms with Crippen molar-refractivity contribution in [2.45, 2.75) is 30.7 Å². The van der Waals surface area contributed by atoms with Crippen LogP contribution < -0.4 is 5.73 Å². The Bertz CT molecular complexity index is 572.